The predicted molar refractivity (Wildman–Crippen MR) is 58.2 cm³/mol. The molecule has 0 aliphatic carbocycles. The van der Waals surface area contributed by atoms with Crippen molar-refractivity contribution in [2.75, 3.05) is 6.54 Å². The van der Waals surface area contributed by atoms with Crippen molar-refractivity contribution in [3.8, 4) is 0 Å². The number of fused-ring (bicyclic) bond motifs is 1. The van der Waals surface area contributed by atoms with Gasteiger partial charge in [-0.15, -0.1) is 12.6 Å². The molecule has 0 saturated heterocycles. The second-order valence-corrected chi connectivity index (χ2v) is 3.74. The fraction of sp³-hybridized carbons (Fsp3) is 0.222. The van der Waals surface area contributed by atoms with Gasteiger partial charge in [0.1, 0.15) is 0 Å². The highest BCUT2D eigenvalue weighted by Gasteiger charge is 2.18. The second-order valence-electron chi connectivity index (χ2n) is 2.80. The van der Waals surface area contributed by atoms with Crippen LogP contribution in [0, 0.1) is 0 Å². The monoisotopic (exact) mass is 195 g/mol. The Kier molecular flexibility index (Phi) is 2.07. The molecule has 0 aromatic rings. The van der Waals surface area contributed by atoms with Crippen molar-refractivity contribution in [1.29, 1.82) is 0 Å². The van der Waals surface area contributed by atoms with Gasteiger partial charge in [-0.25, -0.2) is 0 Å². The molecule has 0 aromatic carbocycles. The molecule has 12 heavy (non-hydrogen) atoms. The minimum atomic E-state index is 0.940. The minimum Gasteiger partial charge on any atom is -0.347 e. The van der Waals surface area contributed by atoms with E-state index in [0.717, 1.165) is 28.4 Å². The van der Waals surface area contributed by atoms with Crippen LogP contribution in [0.25, 0.3) is 0 Å². The first-order valence-electron chi connectivity index (χ1n) is 3.87. The van der Waals surface area contributed by atoms with Crippen LogP contribution in [-0.2, 0) is 0 Å². The van der Waals surface area contributed by atoms with E-state index in [-0.39, 0.29) is 0 Å². The van der Waals surface area contributed by atoms with Crippen molar-refractivity contribution in [2.24, 2.45) is 0 Å². The van der Waals surface area contributed by atoms with E-state index in [4.69, 9.17) is 12.2 Å². The van der Waals surface area contributed by atoms with Crippen molar-refractivity contribution >= 4 is 29.7 Å². The van der Waals surface area contributed by atoms with Crippen molar-refractivity contribution < 1.29 is 0 Å². The fourth-order valence-corrected chi connectivity index (χ4v) is 1.88. The van der Waals surface area contributed by atoms with E-state index in [1.54, 1.807) is 0 Å². The molecule has 0 N–H and O–H groups in total. The third-order valence-electron chi connectivity index (χ3n) is 2.03. The minimum absolute atomic E-state index is 0.940. The van der Waals surface area contributed by atoms with E-state index < -0.39 is 0 Å². The Bertz CT molecular complexity index is 312. The lowest BCUT2D eigenvalue weighted by molar-refractivity contribution is 0.481. The van der Waals surface area contributed by atoms with Crippen molar-refractivity contribution in [2.45, 2.75) is 6.42 Å². The molecular weight excluding hydrogens is 186 g/mol. The largest absolute Gasteiger partial charge is 0.347 e. The van der Waals surface area contributed by atoms with E-state index >= 15 is 0 Å². The number of hydrogen-bond donors (Lipinski definition) is 1. The van der Waals surface area contributed by atoms with Crippen LogP contribution in [0.15, 0.2) is 35.0 Å². The zero-order chi connectivity index (χ0) is 8.55. The molecule has 62 valence electrons. The molecule has 2 heterocycles. The quantitative estimate of drug-likeness (QED) is 0.466. The van der Waals surface area contributed by atoms with Crippen LogP contribution in [0.3, 0.4) is 0 Å². The van der Waals surface area contributed by atoms with Crippen LogP contribution in [-0.4, -0.2) is 16.3 Å². The van der Waals surface area contributed by atoms with Crippen molar-refractivity contribution in [1.82, 2.24) is 4.90 Å². The summed E-state index contributed by atoms with van der Waals surface area (Å²) >= 11 is 9.57. The maximum Gasteiger partial charge on any atom is 0.0553 e. The predicted octanol–water partition coefficient (Wildman–Crippen LogP) is 2.29. The summed E-state index contributed by atoms with van der Waals surface area (Å²) in [6.45, 7) is 0.985. The van der Waals surface area contributed by atoms with Gasteiger partial charge in [-0.1, -0.05) is 18.3 Å². The molecule has 2 aliphatic heterocycles. The SMILES string of the molecule is S=C1CCN2C=CC=CC2=C1S. The van der Waals surface area contributed by atoms with Gasteiger partial charge in [-0.2, -0.15) is 0 Å². The molecule has 0 saturated carbocycles. The van der Waals surface area contributed by atoms with E-state index in [9.17, 15) is 0 Å². The maximum atomic E-state index is 5.18. The number of hydrogen-bond acceptors (Lipinski definition) is 3. The molecule has 0 fully saturated rings. The molecule has 0 aromatic heterocycles. The van der Waals surface area contributed by atoms with E-state index in [1.807, 2.05) is 18.2 Å². The van der Waals surface area contributed by atoms with Crippen LogP contribution in [0.1, 0.15) is 6.42 Å². The Morgan fingerprint density at radius 2 is 2.25 bits per heavy atom. The summed E-state index contributed by atoms with van der Waals surface area (Å²) in [6, 6.07) is 0. The lowest BCUT2D eigenvalue weighted by Crippen LogP contribution is -2.27. The topological polar surface area (TPSA) is 3.24 Å². The van der Waals surface area contributed by atoms with Crippen molar-refractivity contribution in [3.05, 3.63) is 35.0 Å². The Morgan fingerprint density at radius 1 is 1.42 bits per heavy atom. The summed E-state index contributed by atoms with van der Waals surface area (Å²) in [6.07, 6.45) is 9.09. The van der Waals surface area contributed by atoms with Gasteiger partial charge in [0.25, 0.3) is 0 Å². The van der Waals surface area contributed by atoms with Gasteiger partial charge in [-0.05, 0) is 12.2 Å². The Labute approximate surface area is 82.9 Å². The maximum absolute atomic E-state index is 5.18. The van der Waals surface area contributed by atoms with Gasteiger partial charge >= 0.3 is 0 Å². The highest BCUT2D eigenvalue weighted by molar-refractivity contribution is 7.90. The number of thiocarbonyl (C=S) groups is 1. The van der Waals surface area contributed by atoms with Gasteiger partial charge in [0, 0.05) is 28.9 Å². The molecule has 1 nitrogen and oxygen atoms in total. The first-order valence-corrected chi connectivity index (χ1v) is 4.72. The Hall–Kier alpha value is -0.540. The zero-order valence-corrected chi connectivity index (χ0v) is 8.24. The lowest BCUT2D eigenvalue weighted by Gasteiger charge is -2.29. The van der Waals surface area contributed by atoms with Gasteiger partial charge in [0.15, 0.2) is 0 Å². The molecule has 0 spiro atoms. The lowest BCUT2D eigenvalue weighted by atomic mass is 10.1. The molecule has 2 aliphatic rings. The van der Waals surface area contributed by atoms with E-state index in [2.05, 4.69) is 23.7 Å². The number of thiol groups is 1. The first-order chi connectivity index (χ1) is 5.79. The van der Waals surface area contributed by atoms with Crippen LogP contribution in [0.4, 0.5) is 0 Å². The average molecular weight is 195 g/mol. The number of nitrogens with zero attached hydrogens (tertiary/aromatic N) is 1. The fourth-order valence-electron chi connectivity index (χ4n) is 1.37. The summed E-state index contributed by atoms with van der Waals surface area (Å²) in [7, 11) is 0. The highest BCUT2D eigenvalue weighted by Crippen LogP contribution is 2.26. The first kappa shape index (κ1) is 8.08. The number of allylic oxidation sites excluding steroid dienone is 4. The molecule has 3 heteroatoms. The van der Waals surface area contributed by atoms with Gasteiger partial charge in [-0.3, -0.25) is 0 Å². The highest BCUT2D eigenvalue weighted by atomic mass is 32.1. The molecule has 0 bridgehead atoms. The van der Waals surface area contributed by atoms with Gasteiger partial charge in [0.05, 0.1) is 5.70 Å². The normalized spacial score (nSPS) is 21.8. The summed E-state index contributed by atoms with van der Waals surface area (Å²) in [5.41, 5.74) is 1.14. The average Bonchev–Trinajstić information content (AvgIpc) is 2.12. The van der Waals surface area contributed by atoms with Crippen LogP contribution >= 0.6 is 24.8 Å². The summed E-state index contributed by atoms with van der Waals surface area (Å²) in [4.78, 5) is 4.11. The zero-order valence-electron chi connectivity index (χ0n) is 6.53. The molecule has 0 atom stereocenters. The summed E-state index contributed by atoms with van der Waals surface area (Å²) < 4.78 is 0. The van der Waals surface area contributed by atoms with Crippen molar-refractivity contribution in [3.63, 3.8) is 0 Å². The standard InChI is InChI=1S/C9H9NS2/c11-8-4-6-10-5-2-1-3-7(10)9(8)12/h1-3,5,12H,4,6H2. The third-order valence-corrected chi connectivity index (χ3v) is 3.09. The molecule has 0 unspecified atom stereocenters. The second kappa shape index (κ2) is 3.07. The molecule has 0 amide bonds. The third kappa shape index (κ3) is 1.23. The van der Waals surface area contributed by atoms with E-state index in [0.29, 0.717) is 0 Å². The molecule has 2 rings (SSSR count). The van der Waals surface area contributed by atoms with Gasteiger partial charge in [0.2, 0.25) is 0 Å². The van der Waals surface area contributed by atoms with Gasteiger partial charge < -0.3 is 4.90 Å². The summed E-state index contributed by atoms with van der Waals surface area (Å²) in [5.74, 6) is 0. The number of rotatable bonds is 0. The Balaban J connectivity index is 2.44. The Morgan fingerprint density at radius 3 is 3.08 bits per heavy atom. The van der Waals surface area contributed by atoms with Crippen LogP contribution in [0.5, 0.6) is 0 Å². The molecular formula is C9H9NS2. The molecule has 0 radical (unpaired) electrons. The summed E-state index contributed by atoms with van der Waals surface area (Å²) in [5, 5.41) is 0. The smallest absolute Gasteiger partial charge is 0.0553 e. The van der Waals surface area contributed by atoms with Crippen LogP contribution < -0.4 is 0 Å². The van der Waals surface area contributed by atoms with E-state index in [1.165, 1.54) is 0 Å². The van der Waals surface area contributed by atoms with Crippen LogP contribution in [0.2, 0.25) is 0 Å².